The van der Waals surface area contributed by atoms with Crippen LogP contribution in [0.5, 0.6) is 11.5 Å². The second kappa shape index (κ2) is 9.26. The first kappa shape index (κ1) is 22.8. The van der Waals surface area contributed by atoms with Gasteiger partial charge in [0.2, 0.25) is 0 Å². The lowest BCUT2D eigenvalue weighted by molar-refractivity contribution is 0.0207. The molecule has 3 aromatic rings. The van der Waals surface area contributed by atoms with Gasteiger partial charge in [-0.1, -0.05) is 36.4 Å². The van der Waals surface area contributed by atoms with Crippen LogP contribution in [-0.2, 0) is 17.6 Å². The van der Waals surface area contributed by atoms with E-state index in [0.29, 0.717) is 11.5 Å². The zero-order chi connectivity index (χ0) is 23.6. The largest absolute Gasteiger partial charge is 0.457 e. The van der Waals surface area contributed by atoms with Gasteiger partial charge in [-0.05, 0) is 86.7 Å². The average Bonchev–Trinajstić information content (AvgIpc) is 3.13. The predicted octanol–water partition coefficient (Wildman–Crippen LogP) is 6.74. The summed E-state index contributed by atoms with van der Waals surface area (Å²) < 4.78 is 24.6. The number of amides is 1. The molecule has 5 heteroatoms. The predicted molar refractivity (Wildman–Crippen MR) is 127 cm³/mol. The van der Waals surface area contributed by atoms with Crippen LogP contribution in [0.3, 0.4) is 0 Å². The third-order valence-electron chi connectivity index (χ3n) is 5.96. The molecule has 0 aromatic heterocycles. The van der Waals surface area contributed by atoms with E-state index in [1.54, 1.807) is 17.0 Å². The summed E-state index contributed by atoms with van der Waals surface area (Å²) >= 11 is 0. The van der Waals surface area contributed by atoms with Crippen LogP contribution < -0.4 is 4.74 Å². The number of carbonyl (C=O) groups is 1. The van der Waals surface area contributed by atoms with E-state index in [-0.39, 0.29) is 23.9 Å². The summed E-state index contributed by atoms with van der Waals surface area (Å²) in [6.07, 6.45) is 1.31. The van der Waals surface area contributed by atoms with Crippen molar-refractivity contribution < 1.29 is 18.7 Å². The van der Waals surface area contributed by atoms with Crippen LogP contribution in [0, 0.1) is 5.82 Å². The van der Waals surface area contributed by atoms with Crippen molar-refractivity contribution in [3.8, 4) is 11.5 Å². The van der Waals surface area contributed by atoms with Crippen LogP contribution >= 0.6 is 0 Å². The van der Waals surface area contributed by atoms with E-state index < -0.39 is 5.60 Å². The topological polar surface area (TPSA) is 38.8 Å². The lowest BCUT2D eigenvalue weighted by Gasteiger charge is -2.32. The van der Waals surface area contributed by atoms with Crippen molar-refractivity contribution in [2.45, 2.75) is 51.2 Å². The van der Waals surface area contributed by atoms with E-state index in [1.165, 1.54) is 23.3 Å². The number of fused-ring (bicyclic) bond motifs is 1. The van der Waals surface area contributed by atoms with Crippen LogP contribution in [0.25, 0.3) is 0 Å². The van der Waals surface area contributed by atoms with E-state index in [9.17, 15) is 9.18 Å². The standard InChI is InChI=1S/C28H30FNO3/c1-28(2,3)33-27(31)30(4)26-18-20-7-5-6-8-24(20)25(26)17-19-9-13-22(14-10-19)32-23-15-11-21(29)12-16-23/h5-16,25-26H,17-18H2,1-4H3/t25-,26+/m0/s1. The van der Waals surface area contributed by atoms with Crippen molar-refractivity contribution in [3.05, 3.63) is 95.3 Å². The molecule has 0 N–H and O–H groups in total. The number of halogens is 1. The van der Waals surface area contributed by atoms with E-state index >= 15 is 0 Å². The molecule has 0 unspecified atom stereocenters. The van der Waals surface area contributed by atoms with Gasteiger partial charge < -0.3 is 14.4 Å². The maximum atomic E-state index is 13.1. The number of likely N-dealkylation sites (N-methyl/N-ethyl adjacent to an activating group) is 1. The van der Waals surface area contributed by atoms with Crippen LogP contribution in [-0.4, -0.2) is 29.7 Å². The summed E-state index contributed by atoms with van der Waals surface area (Å²) in [5.41, 5.74) is 3.18. The normalized spacial score (nSPS) is 17.4. The van der Waals surface area contributed by atoms with Gasteiger partial charge in [0.15, 0.2) is 0 Å². The number of hydrogen-bond acceptors (Lipinski definition) is 3. The zero-order valence-electron chi connectivity index (χ0n) is 19.5. The Labute approximate surface area is 195 Å². The lowest BCUT2D eigenvalue weighted by Crippen LogP contribution is -2.43. The fraction of sp³-hybridized carbons (Fsp3) is 0.321. The second-order valence-electron chi connectivity index (χ2n) is 9.57. The monoisotopic (exact) mass is 447 g/mol. The Balaban J connectivity index is 1.51. The molecule has 3 aromatic carbocycles. The van der Waals surface area contributed by atoms with Crippen molar-refractivity contribution in [1.29, 1.82) is 0 Å². The Kier molecular flexibility index (Phi) is 6.41. The van der Waals surface area contributed by atoms with Gasteiger partial charge in [-0.25, -0.2) is 9.18 Å². The molecule has 0 radical (unpaired) electrons. The molecule has 2 atom stereocenters. The molecule has 0 spiro atoms. The molecule has 0 heterocycles. The lowest BCUT2D eigenvalue weighted by atomic mass is 9.90. The summed E-state index contributed by atoms with van der Waals surface area (Å²) in [4.78, 5) is 14.5. The number of benzene rings is 3. The highest BCUT2D eigenvalue weighted by atomic mass is 19.1. The Morgan fingerprint density at radius 2 is 1.58 bits per heavy atom. The second-order valence-corrected chi connectivity index (χ2v) is 9.57. The molecule has 1 amide bonds. The van der Waals surface area contributed by atoms with Crippen molar-refractivity contribution in [2.75, 3.05) is 7.05 Å². The van der Waals surface area contributed by atoms with Crippen LogP contribution in [0.2, 0.25) is 0 Å². The molecule has 33 heavy (non-hydrogen) atoms. The van der Waals surface area contributed by atoms with E-state index in [0.717, 1.165) is 18.4 Å². The molecule has 0 aliphatic heterocycles. The summed E-state index contributed by atoms with van der Waals surface area (Å²) in [7, 11) is 1.83. The zero-order valence-corrected chi connectivity index (χ0v) is 19.5. The summed E-state index contributed by atoms with van der Waals surface area (Å²) in [5, 5.41) is 0. The average molecular weight is 448 g/mol. The van der Waals surface area contributed by atoms with Gasteiger partial charge in [-0.3, -0.25) is 0 Å². The first-order valence-corrected chi connectivity index (χ1v) is 11.3. The van der Waals surface area contributed by atoms with Crippen LogP contribution in [0.1, 0.15) is 43.4 Å². The minimum Gasteiger partial charge on any atom is -0.457 e. The highest BCUT2D eigenvalue weighted by molar-refractivity contribution is 5.69. The molecule has 0 saturated carbocycles. The van der Waals surface area contributed by atoms with Gasteiger partial charge in [-0.15, -0.1) is 0 Å². The molecule has 1 aliphatic carbocycles. The molecular weight excluding hydrogens is 417 g/mol. The number of rotatable bonds is 5. The molecule has 172 valence electrons. The fourth-order valence-electron chi connectivity index (χ4n) is 4.37. The van der Waals surface area contributed by atoms with Crippen molar-refractivity contribution in [3.63, 3.8) is 0 Å². The summed E-state index contributed by atoms with van der Waals surface area (Å²) in [5.74, 6) is 1.16. The number of ether oxygens (including phenoxy) is 2. The van der Waals surface area contributed by atoms with E-state index in [2.05, 4.69) is 18.2 Å². The minimum absolute atomic E-state index is 0.0207. The van der Waals surface area contributed by atoms with Gasteiger partial charge in [0.05, 0.1) is 0 Å². The smallest absolute Gasteiger partial charge is 0.410 e. The van der Waals surface area contributed by atoms with E-state index in [4.69, 9.17) is 9.47 Å². The van der Waals surface area contributed by atoms with Gasteiger partial charge in [0.1, 0.15) is 22.9 Å². The van der Waals surface area contributed by atoms with Gasteiger partial charge in [0, 0.05) is 19.0 Å². The fourth-order valence-corrected chi connectivity index (χ4v) is 4.37. The summed E-state index contributed by atoms with van der Waals surface area (Å²) in [6, 6.07) is 22.3. The van der Waals surface area contributed by atoms with Crippen LogP contribution in [0.4, 0.5) is 9.18 Å². The van der Waals surface area contributed by atoms with Gasteiger partial charge in [0.25, 0.3) is 0 Å². The van der Waals surface area contributed by atoms with Crippen molar-refractivity contribution >= 4 is 6.09 Å². The molecule has 0 bridgehead atoms. The molecular formula is C28H30FNO3. The Bertz CT molecular complexity index is 1100. The van der Waals surface area contributed by atoms with Crippen molar-refractivity contribution in [2.24, 2.45) is 0 Å². The summed E-state index contributed by atoms with van der Waals surface area (Å²) in [6.45, 7) is 5.65. The third-order valence-corrected chi connectivity index (χ3v) is 5.96. The Morgan fingerprint density at radius 1 is 0.970 bits per heavy atom. The van der Waals surface area contributed by atoms with Gasteiger partial charge in [-0.2, -0.15) is 0 Å². The van der Waals surface area contributed by atoms with Gasteiger partial charge >= 0.3 is 6.09 Å². The highest BCUT2D eigenvalue weighted by Crippen LogP contribution is 2.39. The number of nitrogens with zero attached hydrogens (tertiary/aromatic N) is 1. The quantitative estimate of drug-likeness (QED) is 0.435. The maximum absolute atomic E-state index is 13.1. The SMILES string of the molecule is CN(C(=O)OC(C)(C)C)[C@@H]1Cc2ccccc2[C@@H]1Cc1ccc(Oc2ccc(F)cc2)cc1. The Hall–Kier alpha value is -3.34. The number of carbonyl (C=O) groups excluding carboxylic acids is 1. The minimum atomic E-state index is -0.535. The highest BCUT2D eigenvalue weighted by Gasteiger charge is 2.38. The molecule has 0 saturated heterocycles. The Morgan fingerprint density at radius 3 is 2.21 bits per heavy atom. The number of hydrogen-bond donors (Lipinski definition) is 0. The first-order valence-electron chi connectivity index (χ1n) is 11.3. The van der Waals surface area contributed by atoms with Crippen molar-refractivity contribution in [1.82, 2.24) is 4.90 Å². The maximum Gasteiger partial charge on any atom is 0.410 e. The molecule has 4 rings (SSSR count). The van der Waals surface area contributed by atoms with E-state index in [1.807, 2.05) is 58.2 Å². The first-order chi connectivity index (χ1) is 15.7. The third kappa shape index (κ3) is 5.54. The van der Waals surface area contributed by atoms with Crippen LogP contribution in [0.15, 0.2) is 72.8 Å². The molecule has 4 nitrogen and oxygen atoms in total. The molecule has 0 fully saturated rings. The molecule has 1 aliphatic rings.